The summed E-state index contributed by atoms with van der Waals surface area (Å²) in [6.07, 6.45) is 0.854. The Labute approximate surface area is 116 Å². The van der Waals surface area contributed by atoms with Gasteiger partial charge in [-0.05, 0) is 25.1 Å². The van der Waals surface area contributed by atoms with Gasteiger partial charge in [-0.2, -0.15) is 0 Å². The van der Waals surface area contributed by atoms with Crippen molar-refractivity contribution in [1.29, 1.82) is 0 Å². The molecule has 1 amide bonds. The summed E-state index contributed by atoms with van der Waals surface area (Å²) in [5, 5.41) is 0. The van der Waals surface area contributed by atoms with Crippen LogP contribution in [0.5, 0.6) is 0 Å². The lowest BCUT2D eigenvalue weighted by Crippen LogP contribution is -2.38. The maximum Gasteiger partial charge on any atom is 0.236 e. The van der Waals surface area contributed by atoms with Gasteiger partial charge < -0.3 is 10.6 Å². The van der Waals surface area contributed by atoms with E-state index in [1.807, 2.05) is 25.2 Å². The highest BCUT2D eigenvalue weighted by molar-refractivity contribution is 5.77. The average molecular weight is 263 g/mol. The van der Waals surface area contributed by atoms with E-state index in [9.17, 15) is 4.79 Å². The molecule has 0 saturated heterocycles. The molecular weight excluding hydrogens is 238 g/mol. The molecule has 0 atom stereocenters. The molecule has 0 unspecified atom stereocenters. The number of nitrogens with zero attached hydrogens (tertiary/aromatic N) is 2. The number of hydrogen-bond donors (Lipinski definition) is 1. The van der Waals surface area contributed by atoms with E-state index in [1.54, 1.807) is 4.90 Å². The van der Waals surface area contributed by atoms with E-state index in [4.69, 9.17) is 5.73 Å². The van der Waals surface area contributed by atoms with Gasteiger partial charge in [0.2, 0.25) is 5.91 Å². The Morgan fingerprint density at radius 1 is 1.26 bits per heavy atom. The fourth-order valence-electron chi connectivity index (χ4n) is 1.89. The number of rotatable bonds is 8. The molecule has 0 aliphatic carbocycles. The van der Waals surface area contributed by atoms with Gasteiger partial charge in [0, 0.05) is 20.1 Å². The molecule has 1 aromatic carbocycles. The Bertz CT molecular complexity index is 367. The maximum absolute atomic E-state index is 12.1. The molecule has 0 aromatic heterocycles. The molecule has 2 N–H and O–H groups in total. The number of carbonyl (C=O) groups excluding carboxylic acids is 1. The van der Waals surface area contributed by atoms with Crippen molar-refractivity contribution < 1.29 is 4.79 Å². The fraction of sp³-hybridized carbons (Fsp3) is 0.533. The molecule has 4 nitrogen and oxygen atoms in total. The Balaban J connectivity index is 2.45. The molecule has 106 valence electrons. The lowest BCUT2D eigenvalue weighted by atomic mass is 10.2. The monoisotopic (exact) mass is 263 g/mol. The van der Waals surface area contributed by atoms with Gasteiger partial charge in [-0.15, -0.1) is 0 Å². The number of nitrogens with two attached hydrogens (primary N) is 1. The van der Waals surface area contributed by atoms with Gasteiger partial charge in [-0.25, -0.2) is 0 Å². The quantitative estimate of drug-likeness (QED) is 0.769. The van der Waals surface area contributed by atoms with E-state index in [1.165, 1.54) is 5.56 Å². The van der Waals surface area contributed by atoms with Gasteiger partial charge in [-0.1, -0.05) is 37.3 Å². The summed E-state index contributed by atoms with van der Waals surface area (Å²) < 4.78 is 0. The minimum absolute atomic E-state index is 0.159. The maximum atomic E-state index is 12.1. The van der Waals surface area contributed by atoms with E-state index in [2.05, 4.69) is 24.0 Å². The Morgan fingerprint density at radius 3 is 2.53 bits per heavy atom. The van der Waals surface area contributed by atoms with Crippen molar-refractivity contribution in [1.82, 2.24) is 9.80 Å². The summed E-state index contributed by atoms with van der Waals surface area (Å²) in [5.74, 6) is 0.159. The van der Waals surface area contributed by atoms with Gasteiger partial charge in [0.25, 0.3) is 0 Å². The third-order valence-electron chi connectivity index (χ3n) is 3.18. The summed E-state index contributed by atoms with van der Waals surface area (Å²) >= 11 is 0. The standard InChI is InChI=1S/C15H25N3O/c1-3-18(12-14-8-5-4-6-9-14)13-15(19)17(2)11-7-10-16/h4-6,8-9H,3,7,10-13,16H2,1-2H3. The van der Waals surface area contributed by atoms with E-state index >= 15 is 0 Å². The van der Waals surface area contributed by atoms with Crippen LogP contribution in [-0.2, 0) is 11.3 Å². The predicted molar refractivity (Wildman–Crippen MR) is 78.7 cm³/mol. The third kappa shape index (κ3) is 5.85. The van der Waals surface area contributed by atoms with Crippen molar-refractivity contribution in [3.05, 3.63) is 35.9 Å². The minimum atomic E-state index is 0.159. The molecule has 0 bridgehead atoms. The zero-order chi connectivity index (χ0) is 14.1. The second-order valence-corrected chi connectivity index (χ2v) is 4.75. The molecule has 0 aliphatic rings. The third-order valence-corrected chi connectivity index (χ3v) is 3.18. The summed E-state index contributed by atoms with van der Waals surface area (Å²) in [6, 6.07) is 10.2. The minimum Gasteiger partial charge on any atom is -0.345 e. The SMILES string of the molecule is CCN(CC(=O)N(C)CCCN)Cc1ccccc1. The largest absolute Gasteiger partial charge is 0.345 e. The van der Waals surface area contributed by atoms with Crippen LogP contribution in [0.3, 0.4) is 0 Å². The molecule has 0 radical (unpaired) electrons. The van der Waals surface area contributed by atoms with Crippen LogP contribution >= 0.6 is 0 Å². The van der Waals surface area contributed by atoms with Crippen LogP contribution in [0.2, 0.25) is 0 Å². The lowest BCUT2D eigenvalue weighted by Gasteiger charge is -2.24. The van der Waals surface area contributed by atoms with Gasteiger partial charge in [0.1, 0.15) is 0 Å². The van der Waals surface area contributed by atoms with Gasteiger partial charge >= 0.3 is 0 Å². The normalized spacial score (nSPS) is 10.7. The first-order valence-electron chi connectivity index (χ1n) is 6.87. The van der Waals surface area contributed by atoms with Gasteiger partial charge in [0.05, 0.1) is 6.54 Å². The first kappa shape index (κ1) is 15.7. The molecule has 0 spiro atoms. The van der Waals surface area contributed by atoms with Gasteiger partial charge in [-0.3, -0.25) is 9.69 Å². The highest BCUT2D eigenvalue weighted by atomic mass is 16.2. The van der Waals surface area contributed by atoms with Crippen molar-refractivity contribution in [2.24, 2.45) is 5.73 Å². The molecule has 1 rings (SSSR count). The van der Waals surface area contributed by atoms with Crippen LogP contribution in [0.15, 0.2) is 30.3 Å². The van der Waals surface area contributed by atoms with Gasteiger partial charge in [0.15, 0.2) is 0 Å². The molecule has 0 heterocycles. The summed E-state index contributed by atoms with van der Waals surface area (Å²) in [4.78, 5) is 16.0. The number of hydrogen-bond acceptors (Lipinski definition) is 3. The zero-order valence-electron chi connectivity index (χ0n) is 12.0. The molecule has 0 fully saturated rings. The molecule has 0 saturated carbocycles. The molecule has 1 aromatic rings. The summed E-state index contributed by atoms with van der Waals surface area (Å²) in [6.45, 7) is 5.58. The number of amides is 1. The Morgan fingerprint density at radius 2 is 1.95 bits per heavy atom. The second-order valence-electron chi connectivity index (χ2n) is 4.75. The zero-order valence-corrected chi connectivity index (χ0v) is 12.0. The number of carbonyl (C=O) groups is 1. The molecule has 0 aliphatic heterocycles. The molecule has 4 heteroatoms. The number of benzene rings is 1. The van der Waals surface area contributed by atoms with E-state index < -0.39 is 0 Å². The predicted octanol–water partition coefficient (Wildman–Crippen LogP) is 1.32. The van der Waals surface area contributed by atoms with Crippen LogP contribution in [0.1, 0.15) is 18.9 Å². The van der Waals surface area contributed by atoms with Crippen molar-refractivity contribution in [3.63, 3.8) is 0 Å². The first-order valence-corrected chi connectivity index (χ1v) is 6.87. The summed E-state index contributed by atoms with van der Waals surface area (Å²) in [7, 11) is 1.84. The van der Waals surface area contributed by atoms with Crippen molar-refractivity contribution in [2.75, 3.05) is 33.2 Å². The Kier molecular flexibility index (Phi) is 7.15. The molecule has 19 heavy (non-hydrogen) atoms. The lowest BCUT2D eigenvalue weighted by molar-refractivity contribution is -0.131. The van der Waals surface area contributed by atoms with Crippen LogP contribution in [0.25, 0.3) is 0 Å². The van der Waals surface area contributed by atoms with Crippen LogP contribution in [0, 0.1) is 0 Å². The Hall–Kier alpha value is -1.39. The smallest absolute Gasteiger partial charge is 0.236 e. The summed E-state index contributed by atoms with van der Waals surface area (Å²) in [5.41, 5.74) is 6.70. The topological polar surface area (TPSA) is 49.6 Å². The van der Waals surface area contributed by atoms with E-state index in [-0.39, 0.29) is 5.91 Å². The second kappa shape index (κ2) is 8.67. The fourth-order valence-corrected chi connectivity index (χ4v) is 1.89. The molecular formula is C15H25N3O. The van der Waals surface area contributed by atoms with Crippen LogP contribution in [-0.4, -0.2) is 48.9 Å². The van der Waals surface area contributed by atoms with E-state index in [0.29, 0.717) is 13.1 Å². The van der Waals surface area contributed by atoms with E-state index in [0.717, 1.165) is 26.1 Å². The highest BCUT2D eigenvalue weighted by Crippen LogP contribution is 2.04. The average Bonchev–Trinajstić information content (AvgIpc) is 2.44. The first-order chi connectivity index (χ1) is 9.17. The number of likely N-dealkylation sites (N-methyl/N-ethyl adjacent to an activating group) is 2. The van der Waals surface area contributed by atoms with Crippen LogP contribution in [0.4, 0.5) is 0 Å². The highest BCUT2D eigenvalue weighted by Gasteiger charge is 2.13. The van der Waals surface area contributed by atoms with Crippen molar-refractivity contribution >= 4 is 5.91 Å². The van der Waals surface area contributed by atoms with Crippen molar-refractivity contribution in [2.45, 2.75) is 19.9 Å². The van der Waals surface area contributed by atoms with Crippen LogP contribution < -0.4 is 5.73 Å². The van der Waals surface area contributed by atoms with Crippen molar-refractivity contribution in [3.8, 4) is 0 Å².